The molecular weight excluding hydrogens is 439 g/mol. The molecule has 0 saturated heterocycles. The average molecular weight is 466 g/mol. The van der Waals surface area contributed by atoms with Gasteiger partial charge in [0, 0.05) is 11.0 Å². The van der Waals surface area contributed by atoms with E-state index >= 15 is 0 Å². The molecule has 0 aliphatic carbocycles. The molecular formula is C24H27BN2O7. The van der Waals surface area contributed by atoms with Gasteiger partial charge in [0.05, 0.1) is 26.5 Å². The Morgan fingerprint density at radius 2 is 1.74 bits per heavy atom. The number of carbonyl (C=O) groups is 2. The van der Waals surface area contributed by atoms with Crippen molar-refractivity contribution < 1.29 is 33.8 Å². The Morgan fingerprint density at radius 1 is 1.06 bits per heavy atom. The Kier molecular flexibility index (Phi) is 8.09. The number of rotatable bonds is 9. The maximum atomic E-state index is 12.9. The molecule has 0 spiro atoms. The number of nitrogens with zero attached hydrogens (tertiary/aromatic N) is 2. The van der Waals surface area contributed by atoms with Crippen molar-refractivity contribution in [3.63, 3.8) is 0 Å². The molecule has 9 nitrogen and oxygen atoms in total. The van der Waals surface area contributed by atoms with Crippen molar-refractivity contribution in [1.29, 1.82) is 0 Å². The van der Waals surface area contributed by atoms with Crippen LogP contribution in [0, 0.1) is 6.92 Å². The summed E-state index contributed by atoms with van der Waals surface area (Å²) in [6, 6.07) is 12.1. The number of esters is 2. The lowest BCUT2D eigenvalue weighted by Crippen LogP contribution is -2.32. The van der Waals surface area contributed by atoms with Crippen LogP contribution in [0.15, 0.2) is 42.5 Å². The Labute approximate surface area is 198 Å². The highest BCUT2D eigenvalue weighted by molar-refractivity contribution is 6.60. The summed E-state index contributed by atoms with van der Waals surface area (Å²) in [6.07, 6.45) is 1.59. The van der Waals surface area contributed by atoms with Gasteiger partial charge in [0.25, 0.3) is 0 Å². The van der Waals surface area contributed by atoms with Crippen LogP contribution in [0.5, 0.6) is 5.75 Å². The van der Waals surface area contributed by atoms with E-state index in [9.17, 15) is 19.6 Å². The summed E-state index contributed by atoms with van der Waals surface area (Å²) in [5.74, 6) is -1.43. The first-order chi connectivity index (χ1) is 16.3. The van der Waals surface area contributed by atoms with Crippen molar-refractivity contribution in [3.05, 3.63) is 59.3 Å². The zero-order valence-electron chi connectivity index (χ0n) is 19.6. The summed E-state index contributed by atoms with van der Waals surface area (Å²) < 4.78 is 17.2. The second-order valence-corrected chi connectivity index (χ2v) is 7.61. The fourth-order valence-corrected chi connectivity index (χ4v) is 3.59. The van der Waals surface area contributed by atoms with Crippen LogP contribution in [0.4, 0.5) is 0 Å². The molecule has 10 heteroatoms. The van der Waals surface area contributed by atoms with Gasteiger partial charge in [-0.15, -0.1) is 0 Å². The highest BCUT2D eigenvalue weighted by Gasteiger charge is 2.34. The monoisotopic (exact) mass is 466 g/mol. The third-order valence-electron chi connectivity index (χ3n) is 5.19. The quantitative estimate of drug-likeness (QED) is 0.280. The van der Waals surface area contributed by atoms with E-state index in [2.05, 4.69) is 5.10 Å². The number of methoxy groups -OCH3 is 2. The fraction of sp³-hybridized carbons (Fsp3) is 0.292. The molecule has 0 unspecified atom stereocenters. The predicted molar refractivity (Wildman–Crippen MR) is 127 cm³/mol. The van der Waals surface area contributed by atoms with Crippen molar-refractivity contribution in [1.82, 2.24) is 9.78 Å². The molecule has 3 aromatic rings. The van der Waals surface area contributed by atoms with Gasteiger partial charge < -0.3 is 24.3 Å². The van der Waals surface area contributed by atoms with Gasteiger partial charge in [0.2, 0.25) is 0 Å². The lowest BCUT2D eigenvalue weighted by Gasteiger charge is -2.16. The number of ether oxygens (including phenoxy) is 3. The van der Waals surface area contributed by atoms with Crippen LogP contribution in [-0.4, -0.2) is 59.7 Å². The maximum Gasteiger partial charge on any atom is 0.492 e. The number of aromatic nitrogens is 2. The summed E-state index contributed by atoms with van der Waals surface area (Å²) >= 11 is 0. The zero-order chi connectivity index (χ0) is 24.8. The molecule has 0 amide bonds. The Bertz CT molecular complexity index is 1180. The first-order valence-corrected chi connectivity index (χ1v) is 10.8. The number of hydrogen-bond donors (Lipinski definition) is 2. The topological polar surface area (TPSA) is 120 Å². The summed E-state index contributed by atoms with van der Waals surface area (Å²) in [5, 5.41) is 24.7. The maximum absolute atomic E-state index is 12.9. The number of aryl methyl sites for hydroxylation is 1. The van der Waals surface area contributed by atoms with Crippen molar-refractivity contribution in [2.24, 2.45) is 0 Å². The van der Waals surface area contributed by atoms with Crippen LogP contribution in [0.1, 0.15) is 46.2 Å². The molecule has 0 aliphatic rings. The standard InChI is InChI=1S/C24H27BN2O7/c1-5-6-12-34-22-17(13-15(2)14-18(22)25(30)31)20-19(23(28)32-3)21(24(29)33-4)27(26-20)16-10-8-7-9-11-16/h7-11,13-14,30-31H,5-6,12H2,1-4H3. The average Bonchev–Trinajstić information content (AvgIpc) is 3.24. The van der Waals surface area contributed by atoms with Gasteiger partial charge >= 0.3 is 19.1 Å². The fourth-order valence-electron chi connectivity index (χ4n) is 3.59. The number of unbranched alkanes of at least 4 members (excludes halogenated alkanes) is 1. The molecule has 34 heavy (non-hydrogen) atoms. The van der Waals surface area contributed by atoms with Crippen molar-refractivity contribution in [2.75, 3.05) is 20.8 Å². The Balaban J connectivity index is 2.40. The van der Waals surface area contributed by atoms with Crippen LogP contribution in [0.3, 0.4) is 0 Å². The Hall–Kier alpha value is -3.63. The molecule has 2 N–H and O–H groups in total. The molecule has 0 radical (unpaired) electrons. The summed E-state index contributed by atoms with van der Waals surface area (Å²) in [6.45, 7) is 4.07. The van der Waals surface area contributed by atoms with Crippen molar-refractivity contribution >= 4 is 24.5 Å². The van der Waals surface area contributed by atoms with Gasteiger partial charge in [-0.1, -0.05) is 43.2 Å². The lowest BCUT2D eigenvalue weighted by molar-refractivity contribution is 0.0549. The van der Waals surface area contributed by atoms with E-state index in [0.717, 1.165) is 12.8 Å². The molecule has 0 bridgehead atoms. The van der Waals surface area contributed by atoms with Crippen LogP contribution in [-0.2, 0) is 9.47 Å². The first kappa shape index (κ1) is 25.0. The van der Waals surface area contributed by atoms with Gasteiger partial charge in [-0.2, -0.15) is 5.10 Å². The van der Waals surface area contributed by atoms with E-state index < -0.39 is 19.1 Å². The van der Waals surface area contributed by atoms with E-state index in [4.69, 9.17) is 14.2 Å². The van der Waals surface area contributed by atoms with E-state index in [0.29, 0.717) is 23.4 Å². The molecule has 0 aliphatic heterocycles. The minimum Gasteiger partial charge on any atom is -0.493 e. The zero-order valence-corrected chi connectivity index (χ0v) is 19.6. The third kappa shape index (κ3) is 4.98. The molecule has 2 aromatic carbocycles. The number of para-hydroxylation sites is 1. The van der Waals surface area contributed by atoms with Crippen LogP contribution in [0.25, 0.3) is 16.9 Å². The van der Waals surface area contributed by atoms with Crippen molar-refractivity contribution in [2.45, 2.75) is 26.7 Å². The van der Waals surface area contributed by atoms with E-state index in [1.54, 1.807) is 43.3 Å². The summed E-state index contributed by atoms with van der Waals surface area (Å²) in [7, 11) is 0.579. The molecule has 1 heterocycles. The molecule has 178 valence electrons. The van der Waals surface area contributed by atoms with Gasteiger partial charge in [-0.3, -0.25) is 0 Å². The van der Waals surface area contributed by atoms with Gasteiger partial charge in [0.1, 0.15) is 17.0 Å². The lowest BCUT2D eigenvalue weighted by atomic mass is 9.77. The largest absolute Gasteiger partial charge is 0.493 e. The Morgan fingerprint density at radius 3 is 2.32 bits per heavy atom. The SMILES string of the molecule is CCCCOc1c(B(O)O)cc(C)cc1-c1nn(-c2ccccc2)c(C(=O)OC)c1C(=O)OC. The smallest absolute Gasteiger partial charge is 0.492 e. The van der Waals surface area contributed by atoms with Crippen molar-refractivity contribution in [3.8, 4) is 22.7 Å². The summed E-state index contributed by atoms with van der Waals surface area (Å²) in [5.41, 5.74) is 1.47. The number of carbonyl (C=O) groups excluding carboxylic acids is 2. The second-order valence-electron chi connectivity index (χ2n) is 7.61. The molecule has 1 aromatic heterocycles. The van der Waals surface area contributed by atoms with E-state index in [-0.39, 0.29) is 28.2 Å². The first-order valence-electron chi connectivity index (χ1n) is 10.8. The minimum atomic E-state index is -1.83. The molecule has 3 rings (SSSR count). The number of hydrogen-bond acceptors (Lipinski definition) is 8. The third-order valence-corrected chi connectivity index (χ3v) is 5.19. The molecule has 0 fully saturated rings. The van der Waals surface area contributed by atoms with Crippen LogP contribution in [0.2, 0.25) is 0 Å². The number of benzene rings is 2. The van der Waals surface area contributed by atoms with Gasteiger partial charge in [0.15, 0.2) is 5.69 Å². The van der Waals surface area contributed by atoms with E-state index in [1.165, 1.54) is 18.9 Å². The van der Waals surface area contributed by atoms with E-state index in [1.807, 2.05) is 13.0 Å². The molecule has 0 saturated carbocycles. The highest BCUT2D eigenvalue weighted by Crippen LogP contribution is 2.35. The van der Waals surface area contributed by atoms with Crippen LogP contribution >= 0.6 is 0 Å². The second kappa shape index (κ2) is 11.0. The predicted octanol–water partition coefficient (Wildman–Crippen LogP) is 2.28. The minimum absolute atomic E-state index is 0.0909. The molecule has 0 atom stereocenters. The van der Waals surface area contributed by atoms with Gasteiger partial charge in [-0.05, 0) is 31.5 Å². The normalized spacial score (nSPS) is 10.6. The van der Waals surface area contributed by atoms with Crippen LogP contribution < -0.4 is 10.2 Å². The highest BCUT2D eigenvalue weighted by atomic mass is 16.5. The summed E-state index contributed by atoms with van der Waals surface area (Å²) in [4.78, 5) is 25.8. The van der Waals surface area contributed by atoms with Gasteiger partial charge in [-0.25, -0.2) is 14.3 Å².